The van der Waals surface area contributed by atoms with Crippen LogP contribution in [0.25, 0.3) is 0 Å². The van der Waals surface area contributed by atoms with Crippen LogP contribution in [-0.4, -0.2) is 38.8 Å². The lowest BCUT2D eigenvalue weighted by Gasteiger charge is -2.38. The predicted octanol–water partition coefficient (Wildman–Crippen LogP) is 3.39. The predicted molar refractivity (Wildman–Crippen MR) is 100 cm³/mol. The van der Waals surface area contributed by atoms with Crippen molar-refractivity contribution in [1.29, 1.82) is 0 Å². The van der Waals surface area contributed by atoms with E-state index in [1.807, 2.05) is 6.07 Å². The second-order valence-electron chi connectivity index (χ2n) is 7.42. The minimum atomic E-state index is -0.379. The number of carbonyl (C=O) groups is 1. The van der Waals surface area contributed by atoms with E-state index in [0.717, 1.165) is 18.4 Å². The van der Waals surface area contributed by atoms with Crippen molar-refractivity contribution in [3.05, 3.63) is 77.8 Å². The Balaban J connectivity index is 1.50. The van der Waals surface area contributed by atoms with Gasteiger partial charge in [0.15, 0.2) is 0 Å². The molecule has 3 aromatic rings. The number of aromatic nitrogens is 3. The Bertz CT molecular complexity index is 975. The third kappa shape index (κ3) is 3.78. The molecule has 0 spiro atoms. The van der Waals surface area contributed by atoms with Crippen molar-refractivity contribution in [1.82, 2.24) is 19.9 Å². The van der Waals surface area contributed by atoms with Crippen LogP contribution in [0.15, 0.2) is 53.5 Å². The van der Waals surface area contributed by atoms with Crippen molar-refractivity contribution in [3.8, 4) is 0 Å². The van der Waals surface area contributed by atoms with Crippen LogP contribution in [0.3, 0.4) is 0 Å². The standard InChI is InChI=1S/C21H21FN4O2/c1-21(6-3-9-26(14-21)19(27)18-13-23-7-8-24-18)20-25-12-17(28-20)11-15-4-2-5-16(22)10-15/h2,4-5,7-8,10,12-13H,3,6,9,11,14H2,1H3/t21-/m0/s1. The van der Waals surface area contributed by atoms with E-state index in [2.05, 4.69) is 21.9 Å². The zero-order chi connectivity index (χ0) is 19.6. The van der Waals surface area contributed by atoms with Crippen molar-refractivity contribution in [2.75, 3.05) is 13.1 Å². The van der Waals surface area contributed by atoms with Crippen LogP contribution < -0.4 is 0 Å². The largest absolute Gasteiger partial charge is 0.445 e. The van der Waals surface area contributed by atoms with Gasteiger partial charge in [0, 0.05) is 31.9 Å². The number of nitrogens with zero attached hydrogens (tertiary/aromatic N) is 4. The Morgan fingerprint density at radius 2 is 2.18 bits per heavy atom. The van der Waals surface area contributed by atoms with Crippen molar-refractivity contribution >= 4 is 5.91 Å². The highest BCUT2D eigenvalue weighted by molar-refractivity contribution is 5.92. The SMILES string of the molecule is C[C@]1(c2ncc(Cc3cccc(F)c3)o2)CCCN(C(=O)c2cnccn2)C1. The fourth-order valence-electron chi connectivity index (χ4n) is 3.68. The third-order valence-electron chi connectivity index (χ3n) is 5.10. The molecule has 1 aliphatic heterocycles. The number of piperidine rings is 1. The Kier molecular flexibility index (Phi) is 4.90. The van der Waals surface area contributed by atoms with E-state index in [0.29, 0.717) is 36.9 Å². The fourth-order valence-corrected chi connectivity index (χ4v) is 3.68. The number of amides is 1. The van der Waals surface area contributed by atoms with Crippen LogP contribution in [0.4, 0.5) is 4.39 Å². The van der Waals surface area contributed by atoms with Crippen LogP contribution in [0.5, 0.6) is 0 Å². The summed E-state index contributed by atoms with van der Waals surface area (Å²) in [5.74, 6) is 0.884. The molecule has 1 fully saturated rings. The average Bonchev–Trinajstić information content (AvgIpc) is 3.18. The first-order valence-corrected chi connectivity index (χ1v) is 9.28. The molecule has 144 valence electrons. The minimum absolute atomic E-state index is 0.134. The van der Waals surface area contributed by atoms with Gasteiger partial charge in [0.1, 0.15) is 17.3 Å². The van der Waals surface area contributed by atoms with Crippen LogP contribution in [0.2, 0.25) is 0 Å². The minimum Gasteiger partial charge on any atom is -0.445 e. The zero-order valence-corrected chi connectivity index (χ0v) is 15.6. The van der Waals surface area contributed by atoms with Gasteiger partial charge in [-0.05, 0) is 37.5 Å². The molecule has 2 aromatic heterocycles. The zero-order valence-electron chi connectivity index (χ0n) is 15.6. The van der Waals surface area contributed by atoms with E-state index in [9.17, 15) is 9.18 Å². The second-order valence-corrected chi connectivity index (χ2v) is 7.42. The topological polar surface area (TPSA) is 72.1 Å². The summed E-state index contributed by atoms with van der Waals surface area (Å²) >= 11 is 0. The van der Waals surface area contributed by atoms with E-state index in [1.165, 1.54) is 24.5 Å². The van der Waals surface area contributed by atoms with Crippen LogP contribution in [0, 0.1) is 5.82 Å². The van der Waals surface area contributed by atoms with Crippen molar-refractivity contribution in [3.63, 3.8) is 0 Å². The van der Waals surface area contributed by atoms with Gasteiger partial charge < -0.3 is 9.32 Å². The van der Waals surface area contributed by atoms with E-state index in [4.69, 9.17) is 4.42 Å². The number of halogens is 1. The molecule has 4 rings (SSSR count). The molecule has 3 heterocycles. The number of benzene rings is 1. The lowest BCUT2D eigenvalue weighted by molar-refractivity contribution is 0.0619. The summed E-state index contributed by atoms with van der Waals surface area (Å²) in [7, 11) is 0. The van der Waals surface area contributed by atoms with Crippen molar-refractivity contribution in [2.45, 2.75) is 31.6 Å². The van der Waals surface area contributed by atoms with Gasteiger partial charge in [-0.15, -0.1) is 0 Å². The number of hydrogen-bond donors (Lipinski definition) is 0. The van der Waals surface area contributed by atoms with Gasteiger partial charge in [0.25, 0.3) is 5.91 Å². The molecule has 1 saturated heterocycles. The number of rotatable bonds is 4. The highest BCUT2D eigenvalue weighted by atomic mass is 19.1. The first kappa shape index (κ1) is 18.3. The number of carbonyl (C=O) groups excluding carboxylic acids is 1. The summed E-state index contributed by atoms with van der Waals surface area (Å²) in [6.07, 6.45) is 8.43. The number of hydrogen-bond acceptors (Lipinski definition) is 5. The van der Waals surface area contributed by atoms with Gasteiger partial charge in [0.05, 0.1) is 17.8 Å². The van der Waals surface area contributed by atoms with Crippen LogP contribution in [-0.2, 0) is 11.8 Å². The lowest BCUT2D eigenvalue weighted by atomic mass is 9.81. The summed E-state index contributed by atoms with van der Waals surface area (Å²) in [5, 5.41) is 0. The van der Waals surface area contributed by atoms with Gasteiger partial charge in [-0.1, -0.05) is 12.1 Å². The Labute approximate surface area is 162 Å². The molecule has 6 nitrogen and oxygen atoms in total. The van der Waals surface area contributed by atoms with Gasteiger partial charge in [-0.25, -0.2) is 14.4 Å². The molecule has 0 aliphatic carbocycles. The molecule has 0 unspecified atom stereocenters. The first-order chi connectivity index (χ1) is 13.5. The number of oxazole rings is 1. The summed E-state index contributed by atoms with van der Waals surface area (Å²) in [6.45, 7) is 3.23. The Morgan fingerprint density at radius 3 is 2.96 bits per heavy atom. The maximum absolute atomic E-state index is 13.4. The fraction of sp³-hybridized carbons (Fsp3) is 0.333. The van der Waals surface area contributed by atoms with E-state index in [-0.39, 0.29) is 17.1 Å². The molecule has 0 radical (unpaired) electrons. The molecular formula is C21H21FN4O2. The van der Waals surface area contributed by atoms with Gasteiger partial charge in [-0.2, -0.15) is 0 Å². The monoisotopic (exact) mass is 380 g/mol. The molecule has 1 aromatic carbocycles. The molecule has 0 saturated carbocycles. The summed E-state index contributed by atoms with van der Waals surface area (Å²) < 4.78 is 19.4. The van der Waals surface area contributed by atoms with E-state index in [1.54, 1.807) is 23.4 Å². The molecular weight excluding hydrogens is 359 g/mol. The average molecular weight is 380 g/mol. The maximum Gasteiger partial charge on any atom is 0.274 e. The molecule has 28 heavy (non-hydrogen) atoms. The third-order valence-corrected chi connectivity index (χ3v) is 5.10. The molecule has 1 aliphatic rings. The maximum atomic E-state index is 13.4. The van der Waals surface area contributed by atoms with Gasteiger partial charge >= 0.3 is 0 Å². The molecule has 7 heteroatoms. The van der Waals surface area contributed by atoms with Gasteiger partial charge in [0.2, 0.25) is 5.89 Å². The lowest BCUT2D eigenvalue weighted by Crippen LogP contribution is -2.47. The summed E-state index contributed by atoms with van der Waals surface area (Å²) in [5.41, 5.74) is 0.790. The second kappa shape index (κ2) is 7.50. The Morgan fingerprint density at radius 1 is 1.29 bits per heavy atom. The van der Waals surface area contributed by atoms with E-state index < -0.39 is 0 Å². The van der Waals surface area contributed by atoms with Gasteiger partial charge in [-0.3, -0.25) is 9.78 Å². The highest BCUT2D eigenvalue weighted by Gasteiger charge is 2.39. The number of likely N-dealkylation sites (tertiary alicyclic amines) is 1. The molecule has 0 N–H and O–H groups in total. The van der Waals surface area contributed by atoms with Crippen LogP contribution in [0.1, 0.15) is 47.5 Å². The van der Waals surface area contributed by atoms with Crippen LogP contribution >= 0.6 is 0 Å². The Hall–Kier alpha value is -3.09. The highest BCUT2D eigenvalue weighted by Crippen LogP contribution is 2.34. The smallest absolute Gasteiger partial charge is 0.274 e. The molecule has 1 amide bonds. The first-order valence-electron chi connectivity index (χ1n) is 9.28. The normalized spacial score (nSPS) is 19.6. The summed E-state index contributed by atoms with van der Waals surface area (Å²) in [4.78, 5) is 27.1. The van der Waals surface area contributed by atoms with E-state index >= 15 is 0 Å². The van der Waals surface area contributed by atoms with Crippen molar-refractivity contribution < 1.29 is 13.6 Å². The quantitative estimate of drug-likeness (QED) is 0.694. The summed E-state index contributed by atoms with van der Waals surface area (Å²) in [6, 6.07) is 6.45. The van der Waals surface area contributed by atoms with Crippen molar-refractivity contribution in [2.24, 2.45) is 0 Å². The molecule has 1 atom stereocenters. The molecule has 0 bridgehead atoms.